The molecule has 0 amide bonds. The van der Waals surface area contributed by atoms with Crippen LogP contribution < -0.4 is 11.3 Å². The fourth-order valence-electron chi connectivity index (χ4n) is 1.59. The van der Waals surface area contributed by atoms with Crippen molar-refractivity contribution in [2.24, 2.45) is 10.8 Å². The molecule has 0 radical (unpaired) electrons. The van der Waals surface area contributed by atoms with Crippen molar-refractivity contribution in [1.29, 1.82) is 0 Å². The highest BCUT2D eigenvalue weighted by Crippen LogP contribution is 2.10. The number of nitrogens with two attached hydrogens (primary N) is 1. The SMILES string of the molecule is CN=C(NN)N1CCS(=O)(=O)CC1C. The monoisotopic (exact) mass is 220 g/mol. The molecule has 0 aromatic rings. The maximum Gasteiger partial charge on any atom is 0.208 e. The van der Waals surface area contributed by atoms with Crippen molar-refractivity contribution in [3.63, 3.8) is 0 Å². The number of hydrazine groups is 1. The molecule has 0 spiro atoms. The van der Waals surface area contributed by atoms with Gasteiger partial charge in [0, 0.05) is 19.6 Å². The van der Waals surface area contributed by atoms with E-state index in [1.807, 2.05) is 11.8 Å². The third-order valence-corrected chi connectivity index (χ3v) is 4.08. The second-order valence-electron chi connectivity index (χ2n) is 3.35. The lowest BCUT2D eigenvalue weighted by atomic mass is 10.3. The topological polar surface area (TPSA) is 87.8 Å². The van der Waals surface area contributed by atoms with Crippen LogP contribution in [0.4, 0.5) is 0 Å². The molecule has 1 aliphatic rings. The normalized spacial score (nSPS) is 27.5. The van der Waals surface area contributed by atoms with Gasteiger partial charge in [0.1, 0.15) is 0 Å². The number of hydrogen-bond acceptors (Lipinski definition) is 4. The number of rotatable bonds is 0. The maximum atomic E-state index is 11.3. The van der Waals surface area contributed by atoms with Crippen molar-refractivity contribution in [1.82, 2.24) is 10.3 Å². The van der Waals surface area contributed by atoms with Gasteiger partial charge in [0.15, 0.2) is 9.84 Å². The lowest BCUT2D eigenvalue weighted by molar-refractivity contribution is 0.341. The third kappa shape index (κ3) is 2.36. The van der Waals surface area contributed by atoms with Crippen LogP contribution >= 0.6 is 0 Å². The Balaban J connectivity index is 2.76. The van der Waals surface area contributed by atoms with Crippen LogP contribution in [-0.4, -0.2) is 50.4 Å². The number of nitrogens with zero attached hydrogens (tertiary/aromatic N) is 2. The summed E-state index contributed by atoms with van der Waals surface area (Å²) in [6.45, 7) is 2.29. The van der Waals surface area contributed by atoms with Crippen LogP contribution in [0.2, 0.25) is 0 Å². The van der Waals surface area contributed by atoms with Crippen molar-refractivity contribution in [3.05, 3.63) is 0 Å². The lowest BCUT2D eigenvalue weighted by Gasteiger charge is -2.34. The Morgan fingerprint density at radius 2 is 2.29 bits per heavy atom. The first kappa shape index (κ1) is 11.3. The predicted molar refractivity (Wildman–Crippen MR) is 55.5 cm³/mol. The second kappa shape index (κ2) is 4.14. The summed E-state index contributed by atoms with van der Waals surface area (Å²) in [4.78, 5) is 5.80. The molecule has 1 saturated heterocycles. The van der Waals surface area contributed by atoms with Gasteiger partial charge in [-0.15, -0.1) is 0 Å². The predicted octanol–water partition coefficient (Wildman–Crippen LogP) is -1.45. The van der Waals surface area contributed by atoms with Crippen LogP contribution in [0.5, 0.6) is 0 Å². The Morgan fingerprint density at radius 1 is 1.64 bits per heavy atom. The van der Waals surface area contributed by atoms with Gasteiger partial charge in [0.25, 0.3) is 0 Å². The number of sulfone groups is 1. The zero-order chi connectivity index (χ0) is 10.8. The second-order valence-corrected chi connectivity index (χ2v) is 5.58. The van der Waals surface area contributed by atoms with Crippen molar-refractivity contribution < 1.29 is 8.42 Å². The summed E-state index contributed by atoms with van der Waals surface area (Å²) in [5.41, 5.74) is 2.46. The average Bonchev–Trinajstić information content (AvgIpc) is 2.09. The van der Waals surface area contributed by atoms with E-state index in [2.05, 4.69) is 10.4 Å². The van der Waals surface area contributed by atoms with Gasteiger partial charge in [-0.2, -0.15) is 0 Å². The van der Waals surface area contributed by atoms with Crippen molar-refractivity contribution in [2.45, 2.75) is 13.0 Å². The van der Waals surface area contributed by atoms with Crippen LogP contribution in [0, 0.1) is 0 Å². The summed E-state index contributed by atoms with van der Waals surface area (Å²) in [5, 5.41) is 0. The van der Waals surface area contributed by atoms with Gasteiger partial charge < -0.3 is 4.90 Å². The van der Waals surface area contributed by atoms with E-state index in [0.29, 0.717) is 12.5 Å². The highest BCUT2D eigenvalue weighted by atomic mass is 32.2. The Bertz CT molecular complexity index is 325. The Labute approximate surface area is 84.1 Å². The van der Waals surface area contributed by atoms with Crippen LogP contribution in [0.3, 0.4) is 0 Å². The highest BCUT2D eigenvalue weighted by molar-refractivity contribution is 7.91. The average molecular weight is 220 g/mol. The fourth-order valence-corrected chi connectivity index (χ4v) is 3.15. The lowest BCUT2D eigenvalue weighted by Crippen LogP contribution is -2.55. The highest BCUT2D eigenvalue weighted by Gasteiger charge is 2.29. The molecule has 1 aliphatic heterocycles. The summed E-state index contributed by atoms with van der Waals surface area (Å²) >= 11 is 0. The molecule has 0 aromatic heterocycles. The molecule has 1 rings (SSSR count). The maximum absolute atomic E-state index is 11.3. The van der Waals surface area contributed by atoms with E-state index in [4.69, 9.17) is 5.84 Å². The molecule has 3 N–H and O–H groups in total. The van der Waals surface area contributed by atoms with Gasteiger partial charge in [-0.1, -0.05) is 0 Å². The Kier molecular flexibility index (Phi) is 3.33. The molecule has 14 heavy (non-hydrogen) atoms. The summed E-state index contributed by atoms with van der Waals surface area (Å²) in [6.07, 6.45) is 0. The summed E-state index contributed by atoms with van der Waals surface area (Å²) in [6, 6.07) is -0.0801. The Hall–Kier alpha value is -0.820. The van der Waals surface area contributed by atoms with E-state index < -0.39 is 9.84 Å². The first-order valence-electron chi connectivity index (χ1n) is 4.40. The standard InChI is InChI=1S/C7H16N4O2S/c1-6-5-14(12,13)4-3-11(6)7(9-2)10-8/h6H,3-5,8H2,1-2H3,(H,9,10). The molecular weight excluding hydrogens is 204 g/mol. The van der Waals surface area contributed by atoms with Crippen LogP contribution in [-0.2, 0) is 9.84 Å². The van der Waals surface area contributed by atoms with Crippen LogP contribution in [0.1, 0.15) is 6.92 Å². The molecule has 6 nitrogen and oxygen atoms in total. The molecule has 1 fully saturated rings. The fraction of sp³-hybridized carbons (Fsp3) is 0.857. The van der Waals surface area contributed by atoms with E-state index in [1.165, 1.54) is 0 Å². The third-order valence-electron chi connectivity index (χ3n) is 2.28. The molecular formula is C7H16N4O2S. The van der Waals surface area contributed by atoms with E-state index in [-0.39, 0.29) is 17.5 Å². The molecule has 0 bridgehead atoms. The van der Waals surface area contributed by atoms with Gasteiger partial charge >= 0.3 is 0 Å². The number of hydrogen-bond donors (Lipinski definition) is 2. The Morgan fingerprint density at radius 3 is 2.71 bits per heavy atom. The van der Waals surface area contributed by atoms with E-state index in [0.717, 1.165) is 0 Å². The number of aliphatic imine (C=N–C) groups is 1. The van der Waals surface area contributed by atoms with E-state index >= 15 is 0 Å². The van der Waals surface area contributed by atoms with E-state index in [9.17, 15) is 8.42 Å². The zero-order valence-electron chi connectivity index (χ0n) is 8.40. The quantitative estimate of drug-likeness (QED) is 0.226. The van der Waals surface area contributed by atoms with Gasteiger partial charge in [0.2, 0.25) is 5.96 Å². The molecule has 0 aliphatic carbocycles. The zero-order valence-corrected chi connectivity index (χ0v) is 9.21. The molecule has 1 atom stereocenters. The minimum Gasteiger partial charge on any atom is -0.337 e. The molecule has 1 heterocycles. The summed E-state index contributed by atoms with van der Waals surface area (Å²) < 4.78 is 22.6. The van der Waals surface area contributed by atoms with Gasteiger partial charge in [-0.25, -0.2) is 14.3 Å². The molecule has 1 unspecified atom stereocenters. The minimum atomic E-state index is -2.88. The number of nitrogens with one attached hydrogen (secondary N) is 1. The largest absolute Gasteiger partial charge is 0.337 e. The number of guanidine groups is 1. The van der Waals surface area contributed by atoms with Crippen LogP contribution in [0.25, 0.3) is 0 Å². The smallest absolute Gasteiger partial charge is 0.208 e. The first-order valence-corrected chi connectivity index (χ1v) is 6.23. The van der Waals surface area contributed by atoms with Crippen molar-refractivity contribution in [2.75, 3.05) is 25.1 Å². The van der Waals surface area contributed by atoms with Gasteiger partial charge in [-0.3, -0.25) is 10.4 Å². The van der Waals surface area contributed by atoms with Crippen molar-refractivity contribution in [3.8, 4) is 0 Å². The van der Waals surface area contributed by atoms with Crippen molar-refractivity contribution >= 4 is 15.8 Å². The molecule has 82 valence electrons. The summed E-state index contributed by atoms with van der Waals surface area (Å²) in [7, 11) is -1.26. The molecule has 0 saturated carbocycles. The van der Waals surface area contributed by atoms with Crippen LogP contribution in [0.15, 0.2) is 4.99 Å². The molecule has 0 aromatic carbocycles. The van der Waals surface area contributed by atoms with Gasteiger partial charge in [0.05, 0.1) is 11.5 Å². The summed E-state index contributed by atoms with van der Waals surface area (Å²) in [5.74, 6) is 6.13. The molecule has 7 heteroatoms. The van der Waals surface area contributed by atoms with Gasteiger partial charge in [-0.05, 0) is 6.92 Å². The minimum absolute atomic E-state index is 0.0801. The first-order chi connectivity index (χ1) is 6.50. The van der Waals surface area contributed by atoms with E-state index in [1.54, 1.807) is 7.05 Å².